The van der Waals surface area contributed by atoms with E-state index in [-0.39, 0.29) is 6.42 Å². The number of nitrogens with zero attached hydrogens (tertiary/aromatic N) is 1. The average molecular weight is 161 g/mol. The third-order valence-corrected chi connectivity index (χ3v) is 1.71. The van der Waals surface area contributed by atoms with Crippen LogP contribution in [-0.4, -0.2) is 5.11 Å². The number of aliphatic hydroxyl groups is 1. The van der Waals surface area contributed by atoms with Crippen LogP contribution >= 0.6 is 0 Å². The van der Waals surface area contributed by atoms with E-state index in [4.69, 9.17) is 5.26 Å². The Kier molecular flexibility index (Phi) is 2.84. The van der Waals surface area contributed by atoms with Crippen LogP contribution < -0.4 is 0 Å². The summed E-state index contributed by atoms with van der Waals surface area (Å²) in [4.78, 5) is 0. The lowest BCUT2D eigenvalue weighted by Gasteiger charge is -2.06. The molecule has 0 bridgehead atoms. The number of benzene rings is 1. The minimum Gasteiger partial charge on any atom is -0.387 e. The maximum atomic E-state index is 9.42. The number of nitriles is 1. The van der Waals surface area contributed by atoms with Gasteiger partial charge in [0.2, 0.25) is 0 Å². The van der Waals surface area contributed by atoms with Crippen molar-refractivity contribution in [3.63, 3.8) is 0 Å². The van der Waals surface area contributed by atoms with Crippen molar-refractivity contribution >= 4 is 0 Å². The van der Waals surface area contributed by atoms with E-state index in [1.807, 2.05) is 37.3 Å². The zero-order valence-corrected chi connectivity index (χ0v) is 6.99. The van der Waals surface area contributed by atoms with E-state index in [0.717, 1.165) is 11.1 Å². The summed E-state index contributed by atoms with van der Waals surface area (Å²) in [6.07, 6.45) is -0.487. The fourth-order valence-corrected chi connectivity index (χ4v) is 1.08. The molecule has 0 fully saturated rings. The second-order valence-corrected chi connectivity index (χ2v) is 2.79. The quantitative estimate of drug-likeness (QED) is 0.720. The van der Waals surface area contributed by atoms with Gasteiger partial charge in [0.25, 0.3) is 0 Å². The van der Waals surface area contributed by atoms with Crippen LogP contribution in [0.3, 0.4) is 0 Å². The number of rotatable bonds is 2. The molecule has 0 heterocycles. The summed E-state index contributed by atoms with van der Waals surface area (Å²) in [7, 11) is 0. The molecule has 1 aromatic carbocycles. The molecular weight excluding hydrogens is 150 g/mol. The molecule has 1 N–H and O–H groups in total. The topological polar surface area (TPSA) is 44.0 Å². The van der Waals surface area contributed by atoms with Crippen LogP contribution in [0, 0.1) is 18.3 Å². The minimum atomic E-state index is -0.644. The minimum absolute atomic E-state index is 0.156. The maximum absolute atomic E-state index is 9.42. The van der Waals surface area contributed by atoms with Crippen molar-refractivity contribution in [2.45, 2.75) is 19.4 Å². The van der Waals surface area contributed by atoms with Crippen LogP contribution in [0.4, 0.5) is 0 Å². The Morgan fingerprint density at radius 2 is 2.33 bits per heavy atom. The first kappa shape index (κ1) is 8.76. The monoisotopic (exact) mass is 161 g/mol. The van der Waals surface area contributed by atoms with E-state index in [1.165, 1.54) is 0 Å². The molecule has 12 heavy (non-hydrogen) atoms. The summed E-state index contributed by atoms with van der Waals surface area (Å²) >= 11 is 0. The Labute approximate surface area is 72.1 Å². The van der Waals surface area contributed by atoms with Crippen LogP contribution in [0.5, 0.6) is 0 Å². The molecule has 0 aliphatic rings. The largest absolute Gasteiger partial charge is 0.387 e. The highest BCUT2D eigenvalue weighted by molar-refractivity contribution is 5.24. The van der Waals surface area contributed by atoms with Gasteiger partial charge in [0.05, 0.1) is 18.6 Å². The molecule has 1 rings (SSSR count). The molecule has 0 amide bonds. The zero-order chi connectivity index (χ0) is 8.97. The van der Waals surface area contributed by atoms with E-state index in [1.54, 1.807) is 0 Å². The van der Waals surface area contributed by atoms with Gasteiger partial charge in [-0.25, -0.2) is 0 Å². The second-order valence-electron chi connectivity index (χ2n) is 2.79. The predicted octanol–water partition coefficient (Wildman–Crippen LogP) is 1.94. The molecule has 2 nitrogen and oxygen atoms in total. The second kappa shape index (κ2) is 3.89. The molecular formula is C10H11NO. The summed E-state index contributed by atoms with van der Waals surface area (Å²) in [5, 5.41) is 17.8. The van der Waals surface area contributed by atoms with E-state index in [9.17, 15) is 5.11 Å². The summed E-state index contributed by atoms with van der Waals surface area (Å²) in [6, 6.07) is 9.50. The highest BCUT2D eigenvalue weighted by Gasteiger charge is 2.05. The van der Waals surface area contributed by atoms with Gasteiger partial charge in [-0.3, -0.25) is 0 Å². The Balaban J connectivity index is 2.82. The first-order chi connectivity index (χ1) is 5.74. The van der Waals surface area contributed by atoms with Crippen molar-refractivity contribution in [2.75, 3.05) is 0 Å². The van der Waals surface area contributed by atoms with Crippen LogP contribution in [0.15, 0.2) is 24.3 Å². The van der Waals surface area contributed by atoms with E-state index in [0.29, 0.717) is 0 Å². The molecule has 0 radical (unpaired) electrons. The summed E-state index contributed by atoms with van der Waals surface area (Å²) in [5.74, 6) is 0. The highest BCUT2D eigenvalue weighted by Crippen LogP contribution is 2.16. The van der Waals surface area contributed by atoms with Crippen LogP contribution in [0.2, 0.25) is 0 Å². The standard InChI is InChI=1S/C10H11NO/c1-8-3-2-4-9(7-8)10(12)5-6-11/h2-4,7,10,12H,5H2,1H3. The number of hydrogen-bond acceptors (Lipinski definition) is 2. The lowest BCUT2D eigenvalue weighted by molar-refractivity contribution is 0.183. The molecule has 0 saturated heterocycles. The average Bonchev–Trinajstić information content (AvgIpc) is 2.05. The lowest BCUT2D eigenvalue weighted by atomic mass is 10.1. The maximum Gasteiger partial charge on any atom is 0.0920 e. The molecule has 2 heteroatoms. The normalized spacial score (nSPS) is 12.1. The molecule has 0 aliphatic heterocycles. The van der Waals surface area contributed by atoms with Gasteiger partial charge in [-0.2, -0.15) is 5.26 Å². The van der Waals surface area contributed by atoms with E-state index in [2.05, 4.69) is 0 Å². The molecule has 0 saturated carbocycles. The third-order valence-electron chi connectivity index (χ3n) is 1.71. The Morgan fingerprint density at radius 1 is 1.58 bits per heavy atom. The number of aryl methyl sites for hydroxylation is 1. The van der Waals surface area contributed by atoms with Gasteiger partial charge in [-0.15, -0.1) is 0 Å². The smallest absolute Gasteiger partial charge is 0.0920 e. The molecule has 0 aromatic heterocycles. The van der Waals surface area contributed by atoms with Crippen molar-refractivity contribution in [3.05, 3.63) is 35.4 Å². The number of aliphatic hydroxyl groups excluding tert-OH is 1. The first-order valence-electron chi connectivity index (χ1n) is 3.85. The van der Waals surface area contributed by atoms with Gasteiger partial charge in [0.1, 0.15) is 0 Å². The highest BCUT2D eigenvalue weighted by atomic mass is 16.3. The summed E-state index contributed by atoms with van der Waals surface area (Å²) in [5.41, 5.74) is 1.92. The van der Waals surface area contributed by atoms with Crippen LogP contribution in [0.1, 0.15) is 23.7 Å². The molecule has 0 aliphatic carbocycles. The third kappa shape index (κ3) is 2.08. The van der Waals surface area contributed by atoms with Crippen molar-refractivity contribution in [2.24, 2.45) is 0 Å². The summed E-state index contributed by atoms with van der Waals surface area (Å²) in [6.45, 7) is 1.96. The van der Waals surface area contributed by atoms with Crippen molar-refractivity contribution in [3.8, 4) is 6.07 Å². The van der Waals surface area contributed by atoms with Gasteiger partial charge < -0.3 is 5.11 Å². The first-order valence-corrected chi connectivity index (χ1v) is 3.85. The van der Waals surface area contributed by atoms with Crippen molar-refractivity contribution in [1.29, 1.82) is 5.26 Å². The van der Waals surface area contributed by atoms with Gasteiger partial charge in [-0.1, -0.05) is 29.8 Å². The fraction of sp³-hybridized carbons (Fsp3) is 0.300. The molecule has 1 unspecified atom stereocenters. The summed E-state index contributed by atoms with van der Waals surface area (Å²) < 4.78 is 0. The van der Waals surface area contributed by atoms with Crippen LogP contribution in [-0.2, 0) is 0 Å². The molecule has 62 valence electrons. The Hall–Kier alpha value is -1.33. The predicted molar refractivity (Wildman–Crippen MR) is 46.4 cm³/mol. The van der Waals surface area contributed by atoms with Gasteiger partial charge in [-0.05, 0) is 12.5 Å². The SMILES string of the molecule is Cc1cccc(C(O)CC#N)c1. The molecule has 1 aromatic rings. The van der Waals surface area contributed by atoms with Gasteiger partial charge >= 0.3 is 0 Å². The van der Waals surface area contributed by atoms with Crippen LogP contribution in [0.25, 0.3) is 0 Å². The van der Waals surface area contributed by atoms with Gasteiger partial charge in [0.15, 0.2) is 0 Å². The molecule has 1 atom stereocenters. The number of hydrogen-bond donors (Lipinski definition) is 1. The fourth-order valence-electron chi connectivity index (χ4n) is 1.08. The zero-order valence-electron chi connectivity index (χ0n) is 6.99. The van der Waals surface area contributed by atoms with Crippen molar-refractivity contribution in [1.82, 2.24) is 0 Å². The lowest BCUT2D eigenvalue weighted by Crippen LogP contribution is -1.95. The Bertz CT molecular complexity index is 301. The van der Waals surface area contributed by atoms with Gasteiger partial charge in [0, 0.05) is 0 Å². The molecule has 0 spiro atoms. The van der Waals surface area contributed by atoms with Crippen molar-refractivity contribution < 1.29 is 5.11 Å². The van der Waals surface area contributed by atoms with E-state index < -0.39 is 6.10 Å². The van der Waals surface area contributed by atoms with E-state index >= 15 is 0 Å². The Morgan fingerprint density at radius 3 is 2.92 bits per heavy atom.